The van der Waals surface area contributed by atoms with E-state index in [0.717, 1.165) is 34.8 Å². The number of carbonyl (C=O) groups excluding carboxylic acids is 2. The lowest BCUT2D eigenvalue weighted by atomic mass is 10.1. The molecule has 0 saturated carbocycles. The van der Waals surface area contributed by atoms with E-state index in [-0.39, 0.29) is 5.69 Å². The Kier molecular flexibility index (Phi) is 4.92. The third-order valence-electron chi connectivity index (χ3n) is 3.22. The van der Waals surface area contributed by atoms with Crippen molar-refractivity contribution in [3.63, 3.8) is 0 Å². The predicted molar refractivity (Wildman–Crippen MR) is 83.2 cm³/mol. The molecule has 0 spiro atoms. The van der Waals surface area contributed by atoms with Gasteiger partial charge in [0.1, 0.15) is 0 Å². The van der Waals surface area contributed by atoms with Gasteiger partial charge in [0, 0.05) is 12.5 Å². The van der Waals surface area contributed by atoms with E-state index < -0.39 is 23.6 Å². The summed E-state index contributed by atoms with van der Waals surface area (Å²) in [7, 11) is 0. The van der Waals surface area contributed by atoms with Crippen LogP contribution in [-0.2, 0) is 11.0 Å². The Labute approximate surface area is 136 Å². The number of amides is 2. The molecule has 126 valence electrons. The molecule has 1 N–H and O–H groups in total. The molecule has 0 bridgehead atoms. The summed E-state index contributed by atoms with van der Waals surface area (Å²) >= 11 is 0. The van der Waals surface area contributed by atoms with Crippen LogP contribution < -0.4 is 10.4 Å². The maximum atomic E-state index is 12.6. The fourth-order valence-electron chi connectivity index (χ4n) is 2.01. The van der Waals surface area contributed by atoms with Gasteiger partial charge in [0.05, 0.1) is 11.3 Å². The Morgan fingerprint density at radius 2 is 1.50 bits per heavy atom. The zero-order valence-corrected chi connectivity index (χ0v) is 13.0. The van der Waals surface area contributed by atoms with Crippen molar-refractivity contribution in [2.24, 2.45) is 0 Å². The molecular weight excluding hydrogens is 321 g/mol. The second-order valence-electron chi connectivity index (χ2n) is 5.22. The van der Waals surface area contributed by atoms with E-state index in [9.17, 15) is 22.8 Å². The number of alkyl halides is 3. The second-order valence-corrected chi connectivity index (χ2v) is 5.22. The van der Waals surface area contributed by atoms with Crippen molar-refractivity contribution < 1.29 is 22.8 Å². The summed E-state index contributed by atoms with van der Waals surface area (Å²) in [5.74, 6) is -1.07. The minimum absolute atomic E-state index is 0.128. The Morgan fingerprint density at radius 3 is 1.96 bits per heavy atom. The van der Waals surface area contributed by atoms with Gasteiger partial charge in [-0.15, -0.1) is 0 Å². The van der Waals surface area contributed by atoms with Crippen LogP contribution in [0.2, 0.25) is 0 Å². The van der Waals surface area contributed by atoms with Crippen molar-refractivity contribution in [3.05, 3.63) is 65.2 Å². The largest absolute Gasteiger partial charge is 0.416 e. The number of carbonyl (C=O) groups is 2. The van der Waals surface area contributed by atoms with Crippen molar-refractivity contribution in [1.29, 1.82) is 0 Å². The number of rotatable bonds is 2. The molecule has 2 rings (SSSR count). The molecule has 0 radical (unpaired) electrons. The van der Waals surface area contributed by atoms with Gasteiger partial charge in [-0.25, -0.2) is 5.01 Å². The van der Waals surface area contributed by atoms with E-state index >= 15 is 0 Å². The van der Waals surface area contributed by atoms with E-state index in [2.05, 4.69) is 5.43 Å². The first kappa shape index (κ1) is 17.5. The number of nitrogens with one attached hydrogen (secondary N) is 1. The normalized spacial score (nSPS) is 11.0. The quantitative estimate of drug-likeness (QED) is 0.850. The van der Waals surface area contributed by atoms with Crippen LogP contribution in [0.5, 0.6) is 0 Å². The van der Waals surface area contributed by atoms with E-state index in [1.54, 1.807) is 24.3 Å². The monoisotopic (exact) mass is 336 g/mol. The van der Waals surface area contributed by atoms with E-state index in [1.807, 2.05) is 6.92 Å². The fraction of sp³-hybridized carbons (Fsp3) is 0.176. The lowest BCUT2D eigenvalue weighted by molar-refractivity contribution is -0.137. The number of benzene rings is 2. The average molecular weight is 336 g/mol. The molecule has 0 heterocycles. The molecule has 2 aromatic rings. The molecule has 0 fully saturated rings. The van der Waals surface area contributed by atoms with Crippen LogP contribution in [-0.4, -0.2) is 11.8 Å². The van der Waals surface area contributed by atoms with Crippen LogP contribution in [0.25, 0.3) is 0 Å². The van der Waals surface area contributed by atoms with Gasteiger partial charge < -0.3 is 0 Å². The molecule has 0 saturated heterocycles. The van der Waals surface area contributed by atoms with Gasteiger partial charge in [-0.2, -0.15) is 13.2 Å². The first-order chi connectivity index (χ1) is 11.2. The molecule has 4 nitrogen and oxygen atoms in total. The summed E-state index contributed by atoms with van der Waals surface area (Å²) in [5, 5.41) is 0.924. The molecule has 0 aliphatic heterocycles. The third-order valence-corrected chi connectivity index (χ3v) is 3.22. The molecule has 2 aromatic carbocycles. The third kappa shape index (κ3) is 4.13. The molecule has 0 aliphatic rings. The minimum atomic E-state index is -4.47. The summed E-state index contributed by atoms with van der Waals surface area (Å²) in [6.45, 7) is 3.06. The number of aryl methyl sites for hydroxylation is 1. The van der Waals surface area contributed by atoms with Gasteiger partial charge in [-0.1, -0.05) is 17.7 Å². The van der Waals surface area contributed by atoms with Crippen LogP contribution in [0, 0.1) is 6.92 Å². The number of anilines is 1. The van der Waals surface area contributed by atoms with Gasteiger partial charge in [-0.05, 0) is 43.3 Å². The fourth-order valence-corrected chi connectivity index (χ4v) is 2.01. The van der Waals surface area contributed by atoms with Crippen molar-refractivity contribution in [3.8, 4) is 0 Å². The van der Waals surface area contributed by atoms with E-state index in [0.29, 0.717) is 5.56 Å². The van der Waals surface area contributed by atoms with Crippen molar-refractivity contribution in [2.45, 2.75) is 20.0 Å². The van der Waals surface area contributed by atoms with Gasteiger partial charge in [0.2, 0.25) is 5.91 Å². The number of halogens is 3. The molecule has 0 aromatic heterocycles. The summed E-state index contributed by atoms with van der Waals surface area (Å²) in [4.78, 5) is 23.9. The highest BCUT2D eigenvalue weighted by Gasteiger charge is 2.30. The molecule has 0 atom stereocenters. The number of hydrogen-bond donors (Lipinski definition) is 1. The highest BCUT2D eigenvalue weighted by molar-refractivity contribution is 6.07. The predicted octanol–water partition coefficient (Wildman–Crippen LogP) is 3.71. The van der Waals surface area contributed by atoms with E-state index in [4.69, 9.17) is 0 Å². The smallest absolute Gasteiger partial charge is 0.274 e. The topological polar surface area (TPSA) is 49.4 Å². The Morgan fingerprint density at radius 1 is 0.958 bits per heavy atom. The summed E-state index contributed by atoms with van der Waals surface area (Å²) in [6, 6.07) is 10.6. The first-order valence-corrected chi connectivity index (χ1v) is 7.04. The second kappa shape index (κ2) is 6.74. The van der Waals surface area contributed by atoms with Crippen LogP contribution in [0.15, 0.2) is 48.5 Å². The highest BCUT2D eigenvalue weighted by atomic mass is 19.4. The van der Waals surface area contributed by atoms with Crippen molar-refractivity contribution in [2.75, 3.05) is 5.01 Å². The summed E-state index contributed by atoms with van der Waals surface area (Å²) in [5.41, 5.74) is 2.87. The van der Waals surface area contributed by atoms with Crippen LogP contribution >= 0.6 is 0 Å². The van der Waals surface area contributed by atoms with Crippen LogP contribution in [0.4, 0.5) is 18.9 Å². The van der Waals surface area contributed by atoms with Crippen molar-refractivity contribution in [1.82, 2.24) is 5.43 Å². The Balaban J connectivity index is 2.36. The molecule has 0 unspecified atom stereocenters. The molecule has 24 heavy (non-hydrogen) atoms. The van der Waals surface area contributed by atoms with Gasteiger partial charge >= 0.3 is 6.18 Å². The van der Waals surface area contributed by atoms with Gasteiger partial charge in [0.15, 0.2) is 0 Å². The van der Waals surface area contributed by atoms with Gasteiger partial charge in [0.25, 0.3) is 5.91 Å². The maximum absolute atomic E-state index is 12.6. The molecular formula is C17H15F3N2O2. The molecule has 0 aliphatic carbocycles. The number of hydrazine groups is 1. The van der Waals surface area contributed by atoms with Crippen LogP contribution in [0.1, 0.15) is 28.4 Å². The first-order valence-electron chi connectivity index (χ1n) is 7.04. The average Bonchev–Trinajstić information content (AvgIpc) is 2.52. The lowest BCUT2D eigenvalue weighted by Crippen LogP contribution is -2.45. The zero-order chi connectivity index (χ0) is 17.9. The number of nitrogens with zero attached hydrogens (tertiary/aromatic N) is 1. The SMILES string of the molecule is CC(=O)NN(C(=O)c1ccc(C)cc1)c1ccc(C(F)(F)F)cc1. The zero-order valence-electron chi connectivity index (χ0n) is 13.0. The maximum Gasteiger partial charge on any atom is 0.416 e. The Bertz CT molecular complexity index is 738. The lowest BCUT2D eigenvalue weighted by Gasteiger charge is -2.23. The van der Waals surface area contributed by atoms with Gasteiger partial charge in [-0.3, -0.25) is 15.0 Å². The van der Waals surface area contributed by atoms with E-state index in [1.165, 1.54) is 6.92 Å². The summed E-state index contributed by atoms with van der Waals surface area (Å²) < 4.78 is 37.9. The molecule has 7 heteroatoms. The minimum Gasteiger partial charge on any atom is -0.274 e. The summed E-state index contributed by atoms with van der Waals surface area (Å²) in [6.07, 6.45) is -4.47. The molecule has 2 amide bonds. The standard InChI is InChI=1S/C17H15F3N2O2/c1-11-3-5-13(6-4-11)16(24)22(21-12(2)23)15-9-7-14(8-10-15)17(18,19)20/h3-10H,1-2H3,(H,21,23). The Hall–Kier alpha value is -2.83. The van der Waals surface area contributed by atoms with Crippen LogP contribution in [0.3, 0.4) is 0 Å². The highest BCUT2D eigenvalue weighted by Crippen LogP contribution is 2.30. The van der Waals surface area contributed by atoms with Crippen molar-refractivity contribution >= 4 is 17.5 Å². The number of hydrogen-bond acceptors (Lipinski definition) is 2.